The van der Waals surface area contributed by atoms with Crippen molar-refractivity contribution in [3.63, 3.8) is 0 Å². The summed E-state index contributed by atoms with van der Waals surface area (Å²) in [5.41, 5.74) is 5.07. The van der Waals surface area contributed by atoms with Crippen molar-refractivity contribution < 1.29 is 0 Å². The van der Waals surface area contributed by atoms with Gasteiger partial charge in [0.1, 0.15) is 0 Å². The van der Waals surface area contributed by atoms with Crippen molar-refractivity contribution in [1.82, 2.24) is 0 Å². The van der Waals surface area contributed by atoms with E-state index in [0.29, 0.717) is 5.92 Å². The van der Waals surface area contributed by atoms with Crippen LogP contribution >= 0.6 is 22.7 Å². The van der Waals surface area contributed by atoms with Crippen LogP contribution in [0.4, 0.5) is 17.1 Å². The Balaban J connectivity index is 1.36. The normalized spacial score (nSPS) is 12.3. The van der Waals surface area contributed by atoms with Gasteiger partial charge in [0, 0.05) is 36.3 Å². The van der Waals surface area contributed by atoms with Crippen LogP contribution in [0, 0.1) is 0 Å². The molecular weight excluding hydrogens is 595 g/mol. The fourth-order valence-corrected chi connectivity index (χ4v) is 10.1. The molecule has 0 amide bonds. The zero-order chi connectivity index (χ0) is 30.5. The van der Waals surface area contributed by atoms with Gasteiger partial charge in [-0.15, -0.1) is 22.7 Å². The van der Waals surface area contributed by atoms with Crippen molar-refractivity contribution in [3.8, 4) is 0 Å². The summed E-state index contributed by atoms with van der Waals surface area (Å²) in [6.45, 7) is 4.60. The van der Waals surface area contributed by atoms with Crippen molar-refractivity contribution in [2.45, 2.75) is 19.8 Å². The van der Waals surface area contributed by atoms with E-state index in [9.17, 15) is 0 Å². The maximum atomic E-state index is 2.56. The van der Waals surface area contributed by atoms with Crippen LogP contribution in [0.15, 0.2) is 133 Å². The van der Waals surface area contributed by atoms with Crippen LogP contribution in [0.3, 0.4) is 0 Å². The number of thiophene rings is 2. The molecule has 0 aliphatic heterocycles. The second-order valence-electron chi connectivity index (χ2n) is 12.7. The highest BCUT2D eigenvalue weighted by Gasteiger charge is 2.24. The summed E-state index contributed by atoms with van der Waals surface area (Å²) in [5.74, 6) is 0.455. The number of hydrogen-bond acceptors (Lipinski definition) is 3. The Labute approximate surface area is 274 Å². The van der Waals surface area contributed by atoms with Crippen LogP contribution < -0.4 is 4.90 Å². The van der Waals surface area contributed by atoms with Gasteiger partial charge in [-0.25, -0.2) is 0 Å². The van der Waals surface area contributed by atoms with Crippen molar-refractivity contribution >= 4 is 112 Å². The molecule has 0 saturated heterocycles. The Kier molecular flexibility index (Phi) is 5.58. The van der Waals surface area contributed by atoms with E-state index in [1.165, 1.54) is 95.3 Å². The van der Waals surface area contributed by atoms with E-state index < -0.39 is 0 Å². The highest BCUT2D eigenvalue weighted by Crippen LogP contribution is 2.51. The third-order valence-electron chi connectivity index (χ3n) is 9.79. The predicted molar refractivity (Wildman–Crippen MR) is 205 cm³/mol. The van der Waals surface area contributed by atoms with Crippen LogP contribution in [-0.4, -0.2) is 0 Å². The van der Waals surface area contributed by atoms with Gasteiger partial charge in [-0.1, -0.05) is 117 Å². The number of hydrogen-bond donors (Lipinski definition) is 0. The molecule has 0 fully saturated rings. The maximum Gasteiger partial charge on any atom is 0.0641 e. The summed E-state index contributed by atoms with van der Waals surface area (Å²) in [6.07, 6.45) is 0. The molecule has 10 rings (SSSR count). The molecule has 0 aliphatic rings. The fourth-order valence-electron chi connectivity index (χ4n) is 7.71. The van der Waals surface area contributed by atoms with Gasteiger partial charge in [0.25, 0.3) is 0 Å². The number of rotatable bonds is 4. The number of fused-ring (bicyclic) bond motifs is 6. The molecule has 2 heterocycles. The Bertz CT molecular complexity index is 2680. The van der Waals surface area contributed by atoms with Crippen LogP contribution in [0.5, 0.6) is 0 Å². The van der Waals surface area contributed by atoms with Crippen LogP contribution in [-0.2, 0) is 0 Å². The van der Waals surface area contributed by atoms with Crippen molar-refractivity contribution in [1.29, 1.82) is 0 Å². The summed E-state index contributed by atoms with van der Waals surface area (Å²) < 4.78 is 5.27. The van der Waals surface area contributed by atoms with Crippen LogP contribution in [0.25, 0.3) is 72.7 Å². The van der Waals surface area contributed by atoms with E-state index in [2.05, 4.69) is 152 Å². The van der Waals surface area contributed by atoms with Gasteiger partial charge < -0.3 is 4.90 Å². The molecule has 46 heavy (non-hydrogen) atoms. The first-order valence-corrected chi connectivity index (χ1v) is 17.6. The van der Waals surface area contributed by atoms with Gasteiger partial charge in [-0.05, 0) is 68.7 Å². The smallest absolute Gasteiger partial charge is 0.0641 e. The van der Waals surface area contributed by atoms with Gasteiger partial charge in [-0.3, -0.25) is 0 Å². The molecule has 3 heteroatoms. The lowest BCUT2D eigenvalue weighted by atomic mass is 9.88. The summed E-state index contributed by atoms with van der Waals surface area (Å²) in [6, 6.07) is 50.0. The fraction of sp³-hybridized carbons (Fsp3) is 0.0698. The summed E-state index contributed by atoms with van der Waals surface area (Å²) in [4.78, 5) is 2.56. The second-order valence-corrected chi connectivity index (χ2v) is 14.8. The topological polar surface area (TPSA) is 3.24 Å². The van der Waals surface area contributed by atoms with E-state index in [1.807, 2.05) is 22.7 Å². The van der Waals surface area contributed by atoms with Gasteiger partial charge in [-0.2, -0.15) is 0 Å². The number of nitrogens with zero attached hydrogens (tertiary/aromatic N) is 1. The minimum atomic E-state index is 0.455. The minimum absolute atomic E-state index is 0.455. The Hall–Kier alpha value is -4.96. The average molecular weight is 624 g/mol. The van der Waals surface area contributed by atoms with E-state index in [0.717, 1.165) is 0 Å². The molecule has 2 aromatic heterocycles. The molecule has 10 aromatic rings. The standard InChI is InChI=1S/C43H29NS2/c1-25(2)28-21-17-26-19-23-34-35(24-20-27-18-22-31(28)40(26)41(27)34)44(36-13-7-11-32-29-9-3-5-15-38(29)45-42(32)36)37-14-8-12-33-30-10-4-6-16-39(30)46-43(33)37/h3-25H,1-2H3. The van der Waals surface area contributed by atoms with Gasteiger partial charge in [0.05, 0.1) is 26.5 Å². The van der Waals surface area contributed by atoms with Gasteiger partial charge in [0.2, 0.25) is 0 Å². The number of anilines is 3. The first-order chi connectivity index (χ1) is 22.7. The molecular formula is C43H29NS2. The average Bonchev–Trinajstić information content (AvgIpc) is 3.67. The summed E-state index contributed by atoms with van der Waals surface area (Å²) in [7, 11) is 0. The second kappa shape index (κ2) is 9.77. The molecule has 8 aromatic carbocycles. The highest BCUT2D eigenvalue weighted by atomic mass is 32.1. The van der Waals surface area contributed by atoms with E-state index in [4.69, 9.17) is 0 Å². The van der Waals surface area contributed by atoms with Crippen LogP contribution in [0.2, 0.25) is 0 Å². The van der Waals surface area contributed by atoms with Crippen molar-refractivity contribution in [2.24, 2.45) is 0 Å². The molecule has 0 spiro atoms. The third-order valence-corrected chi connectivity index (χ3v) is 12.2. The minimum Gasteiger partial charge on any atom is -0.307 e. The number of benzene rings is 8. The zero-order valence-electron chi connectivity index (χ0n) is 25.5. The highest BCUT2D eigenvalue weighted by molar-refractivity contribution is 7.27. The Morgan fingerprint density at radius 3 is 1.52 bits per heavy atom. The first-order valence-electron chi connectivity index (χ1n) is 16.0. The van der Waals surface area contributed by atoms with Gasteiger partial charge in [0.15, 0.2) is 0 Å². The monoisotopic (exact) mass is 623 g/mol. The summed E-state index contributed by atoms with van der Waals surface area (Å²) >= 11 is 3.79. The Morgan fingerprint density at radius 1 is 0.413 bits per heavy atom. The van der Waals surface area contributed by atoms with E-state index in [1.54, 1.807) is 0 Å². The first kappa shape index (κ1) is 26.3. The Morgan fingerprint density at radius 2 is 0.913 bits per heavy atom. The largest absolute Gasteiger partial charge is 0.307 e. The van der Waals surface area contributed by atoms with E-state index >= 15 is 0 Å². The lowest BCUT2D eigenvalue weighted by molar-refractivity contribution is 0.877. The molecule has 0 N–H and O–H groups in total. The molecule has 0 unspecified atom stereocenters. The van der Waals surface area contributed by atoms with Crippen molar-refractivity contribution in [3.05, 3.63) is 139 Å². The summed E-state index contributed by atoms with van der Waals surface area (Å²) in [5, 5.41) is 13.2. The van der Waals surface area contributed by atoms with Crippen molar-refractivity contribution in [2.75, 3.05) is 4.90 Å². The lowest BCUT2D eigenvalue weighted by Gasteiger charge is -2.29. The lowest BCUT2D eigenvalue weighted by Crippen LogP contribution is -2.11. The van der Waals surface area contributed by atoms with Crippen LogP contribution in [0.1, 0.15) is 25.3 Å². The maximum absolute atomic E-state index is 2.56. The molecule has 0 bridgehead atoms. The molecule has 1 nitrogen and oxygen atoms in total. The molecule has 218 valence electrons. The SMILES string of the molecule is CC(C)c1ccc2ccc3c(N(c4cccc5c4sc4ccccc45)c4cccc5c4sc4ccccc45)ccc4ccc1c2c43. The molecule has 0 saturated carbocycles. The molecule has 0 aliphatic carbocycles. The molecule has 0 atom stereocenters. The third kappa shape index (κ3) is 3.61. The molecule has 0 radical (unpaired) electrons. The quantitative estimate of drug-likeness (QED) is 0.176. The van der Waals surface area contributed by atoms with E-state index in [-0.39, 0.29) is 0 Å². The zero-order valence-corrected chi connectivity index (χ0v) is 27.2. The van der Waals surface area contributed by atoms with Gasteiger partial charge >= 0.3 is 0 Å². The predicted octanol–water partition coefficient (Wildman–Crippen LogP) is 13.9.